The molecule has 0 aromatic rings. The van der Waals surface area contributed by atoms with Crippen LogP contribution in [0.15, 0.2) is 0 Å². The molecule has 0 radical (unpaired) electrons. The van der Waals surface area contributed by atoms with E-state index in [9.17, 15) is 0 Å². The summed E-state index contributed by atoms with van der Waals surface area (Å²) in [6.07, 6.45) is 11.8. The largest absolute Gasteiger partial charge is 0.396 e. The second kappa shape index (κ2) is 14.2. The molecule has 0 spiro atoms. The molecule has 5 nitrogen and oxygen atoms in total. The monoisotopic (exact) mass is 298 g/mol. The van der Waals surface area contributed by atoms with E-state index in [2.05, 4.69) is 13.8 Å². The zero-order valence-corrected chi connectivity index (χ0v) is 13.0. The molecule has 19 heavy (non-hydrogen) atoms. The maximum atomic E-state index is 8.74. The Morgan fingerprint density at radius 1 is 0.895 bits per heavy atom. The molecular formula is C13H30O5S. The van der Waals surface area contributed by atoms with E-state index in [0.717, 1.165) is 12.3 Å². The van der Waals surface area contributed by atoms with Crippen molar-refractivity contribution >= 4 is 10.4 Å². The SMILES string of the molecule is CCCCCCCC(C)CCCCO.O=S(=O)(O)O. The predicted molar refractivity (Wildman–Crippen MR) is 77.7 cm³/mol. The van der Waals surface area contributed by atoms with Crippen molar-refractivity contribution < 1.29 is 22.6 Å². The molecule has 0 bridgehead atoms. The van der Waals surface area contributed by atoms with Crippen LogP contribution in [0.3, 0.4) is 0 Å². The zero-order chi connectivity index (χ0) is 15.1. The highest BCUT2D eigenvalue weighted by molar-refractivity contribution is 7.79. The summed E-state index contributed by atoms with van der Waals surface area (Å²) in [7, 11) is -4.67. The molecule has 0 fully saturated rings. The molecular weight excluding hydrogens is 268 g/mol. The van der Waals surface area contributed by atoms with Gasteiger partial charge < -0.3 is 5.11 Å². The summed E-state index contributed by atoms with van der Waals surface area (Å²) in [4.78, 5) is 0. The van der Waals surface area contributed by atoms with Crippen LogP contribution in [-0.2, 0) is 10.4 Å². The number of hydrogen-bond donors (Lipinski definition) is 3. The van der Waals surface area contributed by atoms with Gasteiger partial charge in [0, 0.05) is 6.61 Å². The molecule has 118 valence electrons. The fourth-order valence-corrected chi connectivity index (χ4v) is 1.85. The first-order valence-corrected chi connectivity index (χ1v) is 8.51. The quantitative estimate of drug-likeness (QED) is 0.424. The Hall–Kier alpha value is -0.170. The van der Waals surface area contributed by atoms with Crippen molar-refractivity contribution in [2.24, 2.45) is 5.92 Å². The maximum absolute atomic E-state index is 8.74. The van der Waals surface area contributed by atoms with Crippen LogP contribution < -0.4 is 0 Å². The van der Waals surface area contributed by atoms with Gasteiger partial charge in [0.2, 0.25) is 0 Å². The summed E-state index contributed by atoms with van der Waals surface area (Å²) in [6.45, 7) is 4.97. The minimum atomic E-state index is -4.67. The van der Waals surface area contributed by atoms with Crippen LogP contribution in [0.25, 0.3) is 0 Å². The van der Waals surface area contributed by atoms with Crippen molar-refractivity contribution in [3.05, 3.63) is 0 Å². The van der Waals surface area contributed by atoms with Gasteiger partial charge in [-0.05, 0) is 12.3 Å². The average Bonchev–Trinajstić information content (AvgIpc) is 2.27. The first kappa shape index (κ1) is 21.1. The van der Waals surface area contributed by atoms with Crippen LogP contribution in [0.1, 0.15) is 71.6 Å². The van der Waals surface area contributed by atoms with Crippen LogP contribution in [-0.4, -0.2) is 29.2 Å². The van der Waals surface area contributed by atoms with Gasteiger partial charge in [-0.1, -0.05) is 65.2 Å². The number of aliphatic hydroxyl groups excluding tert-OH is 1. The maximum Gasteiger partial charge on any atom is 0.394 e. The normalized spacial score (nSPS) is 12.7. The third-order valence-corrected chi connectivity index (χ3v) is 2.91. The summed E-state index contributed by atoms with van der Waals surface area (Å²) in [5.74, 6) is 0.864. The lowest BCUT2D eigenvalue weighted by molar-refractivity contribution is 0.277. The van der Waals surface area contributed by atoms with Gasteiger partial charge in [-0.3, -0.25) is 9.11 Å². The van der Waals surface area contributed by atoms with E-state index in [1.54, 1.807) is 0 Å². The Morgan fingerprint density at radius 3 is 1.74 bits per heavy atom. The summed E-state index contributed by atoms with van der Waals surface area (Å²) in [5, 5.41) is 8.65. The molecule has 0 aliphatic rings. The minimum absolute atomic E-state index is 0.364. The van der Waals surface area contributed by atoms with Gasteiger partial charge in [-0.25, -0.2) is 0 Å². The van der Waals surface area contributed by atoms with E-state index in [1.807, 2.05) is 0 Å². The molecule has 1 atom stereocenters. The minimum Gasteiger partial charge on any atom is -0.396 e. The highest BCUT2D eigenvalue weighted by Crippen LogP contribution is 2.16. The number of aliphatic hydroxyl groups is 1. The van der Waals surface area contributed by atoms with Crippen LogP contribution in [0.2, 0.25) is 0 Å². The average molecular weight is 298 g/mol. The van der Waals surface area contributed by atoms with Crippen LogP contribution in [0.5, 0.6) is 0 Å². The Labute approximate surface area is 118 Å². The van der Waals surface area contributed by atoms with Crippen molar-refractivity contribution in [2.45, 2.75) is 71.6 Å². The Kier molecular flexibility index (Phi) is 15.8. The molecule has 0 aliphatic heterocycles. The molecule has 0 aromatic carbocycles. The van der Waals surface area contributed by atoms with E-state index < -0.39 is 10.4 Å². The fraction of sp³-hybridized carbons (Fsp3) is 1.00. The third-order valence-electron chi connectivity index (χ3n) is 2.91. The lowest BCUT2D eigenvalue weighted by Gasteiger charge is -2.10. The van der Waals surface area contributed by atoms with Gasteiger partial charge in [-0.15, -0.1) is 0 Å². The summed E-state index contributed by atoms with van der Waals surface area (Å²) >= 11 is 0. The van der Waals surface area contributed by atoms with E-state index in [1.165, 1.54) is 51.4 Å². The molecule has 0 aliphatic carbocycles. The number of hydrogen-bond acceptors (Lipinski definition) is 3. The van der Waals surface area contributed by atoms with Crippen molar-refractivity contribution in [3.8, 4) is 0 Å². The van der Waals surface area contributed by atoms with Crippen LogP contribution in [0.4, 0.5) is 0 Å². The molecule has 0 saturated carbocycles. The molecule has 0 aromatic heterocycles. The molecule has 0 rings (SSSR count). The lowest BCUT2D eigenvalue weighted by atomic mass is 9.97. The first-order chi connectivity index (χ1) is 8.81. The predicted octanol–water partition coefficient (Wildman–Crippen LogP) is 3.49. The Bertz CT molecular complexity index is 256. The van der Waals surface area contributed by atoms with Crippen molar-refractivity contribution in [2.75, 3.05) is 6.61 Å². The zero-order valence-electron chi connectivity index (χ0n) is 12.2. The first-order valence-electron chi connectivity index (χ1n) is 7.12. The van der Waals surface area contributed by atoms with E-state index >= 15 is 0 Å². The molecule has 1 unspecified atom stereocenters. The van der Waals surface area contributed by atoms with Gasteiger partial charge in [-0.2, -0.15) is 8.42 Å². The van der Waals surface area contributed by atoms with Crippen molar-refractivity contribution in [1.82, 2.24) is 0 Å². The second-order valence-electron chi connectivity index (χ2n) is 4.98. The van der Waals surface area contributed by atoms with Gasteiger partial charge >= 0.3 is 10.4 Å². The van der Waals surface area contributed by atoms with Crippen LogP contribution >= 0.6 is 0 Å². The summed E-state index contributed by atoms with van der Waals surface area (Å²) < 4.78 is 31.6. The van der Waals surface area contributed by atoms with E-state index in [4.69, 9.17) is 22.6 Å². The van der Waals surface area contributed by atoms with Crippen LogP contribution in [0, 0.1) is 5.92 Å². The number of unbranched alkanes of at least 4 members (excludes halogenated alkanes) is 5. The smallest absolute Gasteiger partial charge is 0.394 e. The number of rotatable bonds is 10. The topological polar surface area (TPSA) is 94.8 Å². The highest BCUT2D eigenvalue weighted by atomic mass is 32.3. The lowest BCUT2D eigenvalue weighted by Crippen LogP contribution is -1.96. The van der Waals surface area contributed by atoms with Crippen molar-refractivity contribution in [3.63, 3.8) is 0 Å². The molecule has 0 amide bonds. The fourth-order valence-electron chi connectivity index (χ4n) is 1.85. The Balaban J connectivity index is 0. The second-order valence-corrected chi connectivity index (χ2v) is 5.87. The summed E-state index contributed by atoms with van der Waals surface area (Å²) in [5.41, 5.74) is 0. The summed E-state index contributed by atoms with van der Waals surface area (Å²) in [6, 6.07) is 0. The van der Waals surface area contributed by atoms with Gasteiger partial charge in [0.05, 0.1) is 0 Å². The molecule has 0 saturated heterocycles. The van der Waals surface area contributed by atoms with Gasteiger partial charge in [0.1, 0.15) is 0 Å². The van der Waals surface area contributed by atoms with Gasteiger partial charge in [0.25, 0.3) is 0 Å². The molecule has 0 heterocycles. The third kappa shape index (κ3) is 31.9. The Morgan fingerprint density at radius 2 is 1.32 bits per heavy atom. The molecule has 6 heteroatoms. The van der Waals surface area contributed by atoms with E-state index in [0.29, 0.717) is 6.61 Å². The van der Waals surface area contributed by atoms with E-state index in [-0.39, 0.29) is 0 Å². The standard InChI is InChI=1S/C13H28O.H2O4S/c1-3-4-5-6-7-10-13(2)11-8-9-12-14;1-5(2,3)4/h13-14H,3-12H2,1-2H3;(H2,1,2,3,4). The highest BCUT2D eigenvalue weighted by Gasteiger charge is 2.01. The van der Waals surface area contributed by atoms with Crippen molar-refractivity contribution in [1.29, 1.82) is 0 Å². The molecule has 3 N–H and O–H groups in total. The van der Waals surface area contributed by atoms with Gasteiger partial charge in [0.15, 0.2) is 0 Å².